The lowest BCUT2D eigenvalue weighted by atomic mass is 10.1. The van der Waals surface area contributed by atoms with E-state index < -0.39 is 11.8 Å². The number of amides is 1. The van der Waals surface area contributed by atoms with Crippen LogP contribution in [0.4, 0.5) is 0 Å². The van der Waals surface area contributed by atoms with E-state index in [0.29, 0.717) is 11.1 Å². The van der Waals surface area contributed by atoms with Crippen LogP contribution in [0.1, 0.15) is 31.5 Å². The van der Waals surface area contributed by atoms with Gasteiger partial charge in [0.15, 0.2) is 5.58 Å². The molecule has 0 aliphatic heterocycles. The first-order chi connectivity index (χ1) is 13.5. The lowest BCUT2D eigenvalue weighted by Crippen LogP contribution is -2.35. The number of para-hydroxylation sites is 2. The van der Waals surface area contributed by atoms with Gasteiger partial charge in [-0.15, -0.1) is 0 Å². The molecule has 0 bridgehead atoms. The number of carbonyl (C=O) groups excluding carboxylic acids is 1. The van der Waals surface area contributed by atoms with Gasteiger partial charge in [-0.05, 0) is 43.7 Å². The van der Waals surface area contributed by atoms with E-state index >= 15 is 0 Å². The third-order valence-corrected chi connectivity index (χ3v) is 4.72. The number of carbonyl (C=O) groups is 1. The maximum absolute atomic E-state index is 12.7. The average Bonchev–Trinajstić information content (AvgIpc) is 3.34. The van der Waals surface area contributed by atoms with Crippen LogP contribution in [0.25, 0.3) is 16.8 Å². The molecule has 2 aromatic heterocycles. The highest BCUT2D eigenvalue weighted by Crippen LogP contribution is 2.19. The minimum atomic E-state index is -0.701. The van der Waals surface area contributed by atoms with Crippen molar-refractivity contribution in [3.63, 3.8) is 0 Å². The smallest absolute Gasteiger partial charge is 0.408 e. The Morgan fingerprint density at radius 3 is 2.57 bits per heavy atom. The maximum atomic E-state index is 12.7. The van der Waals surface area contributed by atoms with Gasteiger partial charge >= 0.3 is 5.76 Å². The van der Waals surface area contributed by atoms with Crippen LogP contribution in [-0.2, 0) is 4.79 Å². The third-order valence-electron chi connectivity index (χ3n) is 4.72. The summed E-state index contributed by atoms with van der Waals surface area (Å²) in [7, 11) is 0. The fourth-order valence-corrected chi connectivity index (χ4v) is 3.14. The van der Waals surface area contributed by atoms with Crippen LogP contribution >= 0.6 is 0 Å². The largest absolute Gasteiger partial charge is 0.420 e. The van der Waals surface area contributed by atoms with Crippen molar-refractivity contribution in [1.82, 2.24) is 24.6 Å². The predicted octanol–water partition coefficient (Wildman–Crippen LogP) is 2.61. The van der Waals surface area contributed by atoms with Gasteiger partial charge < -0.3 is 9.73 Å². The zero-order valence-electron chi connectivity index (χ0n) is 15.4. The van der Waals surface area contributed by atoms with E-state index in [1.54, 1.807) is 42.2 Å². The fraction of sp³-hybridized carbons (Fsp3) is 0.200. The Kier molecular flexibility index (Phi) is 4.52. The molecule has 0 saturated heterocycles. The molecule has 0 radical (unpaired) electrons. The van der Waals surface area contributed by atoms with Gasteiger partial charge in [0.05, 0.1) is 17.2 Å². The Bertz CT molecular complexity index is 1160. The molecule has 2 aromatic carbocycles. The van der Waals surface area contributed by atoms with E-state index in [2.05, 4.69) is 15.4 Å². The summed E-state index contributed by atoms with van der Waals surface area (Å²) in [4.78, 5) is 28.9. The summed E-state index contributed by atoms with van der Waals surface area (Å²) in [5.74, 6) is -0.810. The first-order valence-corrected chi connectivity index (χ1v) is 8.90. The highest BCUT2D eigenvalue weighted by atomic mass is 16.4. The van der Waals surface area contributed by atoms with Crippen LogP contribution in [0.3, 0.4) is 0 Å². The topological polar surface area (TPSA) is 95.0 Å². The van der Waals surface area contributed by atoms with Gasteiger partial charge in [0.25, 0.3) is 0 Å². The van der Waals surface area contributed by atoms with Crippen LogP contribution in [0.5, 0.6) is 0 Å². The zero-order valence-corrected chi connectivity index (χ0v) is 15.4. The number of oxazole rings is 1. The van der Waals surface area contributed by atoms with Crippen molar-refractivity contribution in [2.45, 2.75) is 25.9 Å². The molecule has 28 heavy (non-hydrogen) atoms. The molecule has 8 nitrogen and oxygen atoms in total. The first-order valence-electron chi connectivity index (χ1n) is 8.90. The predicted molar refractivity (Wildman–Crippen MR) is 103 cm³/mol. The Hall–Kier alpha value is -3.68. The molecule has 142 valence electrons. The molecule has 0 fully saturated rings. The quantitative estimate of drug-likeness (QED) is 0.577. The van der Waals surface area contributed by atoms with E-state index in [1.807, 2.05) is 31.2 Å². The number of nitrogens with one attached hydrogen (secondary N) is 1. The minimum Gasteiger partial charge on any atom is -0.408 e. The molecule has 1 amide bonds. The minimum absolute atomic E-state index is 0.228. The number of benzene rings is 2. The second kappa shape index (κ2) is 7.15. The van der Waals surface area contributed by atoms with Gasteiger partial charge in [-0.25, -0.2) is 14.5 Å². The summed E-state index contributed by atoms with van der Waals surface area (Å²) < 4.78 is 8.25. The molecule has 0 aliphatic rings. The monoisotopic (exact) mass is 377 g/mol. The van der Waals surface area contributed by atoms with E-state index in [9.17, 15) is 9.59 Å². The van der Waals surface area contributed by atoms with E-state index in [1.165, 1.54) is 10.9 Å². The summed E-state index contributed by atoms with van der Waals surface area (Å²) >= 11 is 0. The summed E-state index contributed by atoms with van der Waals surface area (Å²) in [6.45, 7) is 3.57. The Morgan fingerprint density at radius 1 is 1.11 bits per heavy atom. The molecule has 1 N–H and O–H groups in total. The number of hydrogen-bond acceptors (Lipinski definition) is 5. The fourth-order valence-electron chi connectivity index (χ4n) is 3.14. The molecule has 4 rings (SSSR count). The summed E-state index contributed by atoms with van der Waals surface area (Å²) in [6, 6.07) is 13.8. The van der Waals surface area contributed by atoms with Gasteiger partial charge in [-0.1, -0.05) is 24.3 Å². The van der Waals surface area contributed by atoms with E-state index in [0.717, 1.165) is 11.3 Å². The van der Waals surface area contributed by atoms with Crippen LogP contribution in [0.2, 0.25) is 0 Å². The first kappa shape index (κ1) is 17.7. The number of aromatic nitrogens is 4. The Balaban J connectivity index is 1.51. The van der Waals surface area contributed by atoms with Crippen LogP contribution in [0, 0.1) is 0 Å². The zero-order chi connectivity index (χ0) is 19.7. The summed E-state index contributed by atoms with van der Waals surface area (Å²) in [5.41, 5.74) is 2.88. The molecule has 4 aromatic rings. The summed E-state index contributed by atoms with van der Waals surface area (Å²) in [5, 5.41) is 7.04. The van der Waals surface area contributed by atoms with Crippen molar-refractivity contribution < 1.29 is 9.21 Å². The van der Waals surface area contributed by atoms with Crippen molar-refractivity contribution in [3.05, 3.63) is 77.3 Å². The van der Waals surface area contributed by atoms with Crippen molar-refractivity contribution in [2.75, 3.05) is 0 Å². The van der Waals surface area contributed by atoms with Crippen LogP contribution in [-0.4, -0.2) is 25.2 Å². The number of rotatable bonds is 5. The van der Waals surface area contributed by atoms with Crippen molar-refractivity contribution >= 4 is 17.0 Å². The Morgan fingerprint density at radius 2 is 1.86 bits per heavy atom. The van der Waals surface area contributed by atoms with Gasteiger partial charge in [0.2, 0.25) is 5.91 Å². The lowest BCUT2D eigenvalue weighted by Gasteiger charge is -2.18. The van der Waals surface area contributed by atoms with E-state index in [-0.39, 0.29) is 11.9 Å². The van der Waals surface area contributed by atoms with E-state index in [4.69, 9.17) is 4.42 Å². The summed E-state index contributed by atoms with van der Waals surface area (Å²) in [6.07, 6.45) is 3.09. The molecule has 2 heterocycles. The SMILES string of the molecule is CC(NC(=O)C(C)n1c(=O)oc2ccccc21)c1ccc(-n2cncn2)cc1. The molecule has 0 spiro atoms. The van der Waals surface area contributed by atoms with Crippen molar-refractivity contribution in [3.8, 4) is 5.69 Å². The Labute approximate surface area is 160 Å². The molecular weight excluding hydrogens is 358 g/mol. The van der Waals surface area contributed by atoms with Gasteiger partial charge in [0, 0.05) is 0 Å². The van der Waals surface area contributed by atoms with Gasteiger partial charge in [0.1, 0.15) is 18.7 Å². The van der Waals surface area contributed by atoms with Gasteiger partial charge in [-0.2, -0.15) is 5.10 Å². The normalized spacial score (nSPS) is 13.4. The highest BCUT2D eigenvalue weighted by Gasteiger charge is 2.22. The van der Waals surface area contributed by atoms with Crippen LogP contribution in [0.15, 0.2) is 70.4 Å². The highest BCUT2D eigenvalue weighted by molar-refractivity contribution is 5.83. The third kappa shape index (κ3) is 3.20. The second-order valence-electron chi connectivity index (χ2n) is 6.54. The van der Waals surface area contributed by atoms with Crippen LogP contribution < -0.4 is 11.1 Å². The van der Waals surface area contributed by atoms with Crippen molar-refractivity contribution in [2.24, 2.45) is 0 Å². The number of fused-ring (bicyclic) bond motifs is 1. The van der Waals surface area contributed by atoms with Gasteiger partial charge in [-0.3, -0.25) is 9.36 Å². The number of hydrogen-bond donors (Lipinski definition) is 1. The molecule has 2 unspecified atom stereocenters. The standard InChI is InChI=1S/C20H19N5O3/c1-13(15-7-9-16(10-8-15)24-12-21-11-22-24)23-19(26)14(2)25-17-5-3-4-6-18(17)28-20(25)27/h3-14H,1-2H3,(H,23,26). The average molecular weight is 377 g/mol. The maximum Gasteiger partial charge on any atom is 0.420 e. The molecule has 0 aliphatic carbocycles. The molecule has 2 atom stereocenters. The van der Waals surface area contributed by atoms with Crippen molar-refractivity contribution in [1.29, 1.82) is 0 Å². The molecular formula is C20H19N5O3. The molecule has 8 heteroatoms. The second-order valence-corrected chi connectivity index (χ2v) is 6.54. The molecule has 0 saturated carbocycles. The number of nitrogens with zero attached hydrogens (tertiary/aromatic N) is 4. The lowest BCUT2D eigenvalue weighted by molar-refractivity contribution is -0.124.